The highest BCUT2D eigenvalue weighted by atomic mass is 32.1. The lowest BCUT2D eigenvalue weighted by atomic mass is 10.3. The zero-order valence-electron chi connectivity index (χ0n) is 10.1. The second-order valence-corrected chi connectivity index (χ2v) is 4.91. The van der Waals surface area contributed by atoms with Crippen LogP contribution in [0.3, 0.4) is 0 Å². The standard InChI is InChI=1S/C11H16N2O3S2/c14-9(10(17)12-1-5-15-6-2-12)11(18)13-3-7-16-8-4-13/h1-8H2. The molecule has 0 aromatic carbocycles. The van der Waals surface area contributed by atoms with Gasteiger partial charge in [0.2, 0.25) is 5.78 Å². The van der Waals surface area contributed by atoms with E-state index >= 15 is 0 Å². The van der Waals surface area contributed by atoms with Crippen molar-refractivity contribution in [3.63, 3.8) is 0 Å². The topological polar surface area (TPSA) is 42.0 Å². The minimum atomic E-state index is -0.219. The zero-order chi connectivity index (χ0) is 13.0. The van der Waals surface area contributed by atoms with Gasteiger partial charge in [-0.15, -0.1) is 0 Å². The Morgan fingerprint density at radius 1 is 0.778 bits per heavy atom. The summed E-state index contributed by atoms with van der Waals surface area (Å²) in [6.45, 7) is 5.09. The predicted octanol–water partition coefficient (Wildman–Crippen LogP) is -0.125. The van der Waals surface area contributed by atoms with Crippen LogP contribution in [0, 0.1) is 0 Å². The van der Waals surface area contributed by atoms with Gasteiger partial charge in [0.25, 0.3) is 0 Å². The van der Waals surface area contributed by atoms with Crippen LogP contribution in [0.1, 0.15) is 0 Å². The zero-order valence-corrected chi connectivity index (χ0v) is 11.7. The van der Waals surface area contributed by atoms with Gasteiger partial charge in [-0.2, -0.15) is 0 Å². The van der Waals surface area contributed by atoms with E-state index in [1.807, 2.05) is 9.80 Å². The van der Waals surface area contributed by atoms with Gasteiger partial charge in [0, 0.05) is 26.2 Å². The fourth-order valence-electron chi connectivity index (χ4n) is 1.91. The van der Waals surface area contributed by atoms with Crippen molar-refractivity contribution >= 4 is 40.2 Å². The molecule has 0 bridgehead atoms. The van der Waals surface area contributed by atoms with Crippen LogP contribution in [-0.4, -0.2) is 78.2 Å². The Morgan fingerprint density at radius 3 is 1.44 bits per heavy atom. The van der Waals surface area contributed by atoms with Crippen LogP contribution in [0.4, 0.5) is 0 Å². The number of carbonyl (C=O) groups is 1. The summed E-state index contributed by atoms with van der Waals surface area (Å²) in [4.78, 5) is 16.6. The number of carbonyl (C=O) groups excluding carboxylic acids is 1. The fourth-order valence-corrected chi connectivity index (χ4v) is 2.53. The number of nitrogens with zero attached hydrogens (tertiary/aromatic N) is 2. The SMILES string of the molecule is O=C(C(=S)N1CCOCC1)C(=S)N1CCOCC1. The molecule has 2 aliphatic rings. The normalized spacial score (nSPS) is 20.7. The van der Waals surface area contributed by atoms with E-state index in [-0.39, 0.29) is 5.78 Å². The molecular formula is C11H16N2O3S2. The Morgan fingerprint density at radius 2 is 1.11 bits per heavy atom. The second kappa shape index (κ2) is 6.51. The molecule has 2 heterocycles. The highest BCUT2D eigenvalue weighted by Gasteiger charge is 2.26. The minimum Gasteiger partial charge on any atom is -0.378 e. The van der Waals surface area contributed by atoms with E-state index in [1.54, 1.807) is 0 Å². The molecule has 0 aromatic heterocycles. The predicted molar refractivity (Wildman–Crippen MR) is 75.0 cm³/mol. The molecule has 2 fully saturated rings. The third kappa shape index (κ3) is 3.23. The lowest BCUT2D eigenvalue weighted by Crippen LogP contribution is -2.50. The van der Waals surface area contributed by atoms with Crippen LogP contribution in [0.25, 0.3) is 0 Å². The molecule has 0 aliphatic carbocycles. The molecule has 0 radical (unpaired) electrons. The number of morpholine rings is 2. The van der Waals surface area contributed by atoms with Crippen LogP contribution in [0.2, 0.25) is 0 Å². The molecule has 2 aliphatic heterocycles. The fraction of sp³-hybridized carbons (Fsp3) is 0.727. The van der Waals surface area contributed by atoms with Gasteiger partial charge in [0.1, 0.15) is 0 Å². The quantitative estimate of drug-likeness (QED) is 0.656. The summed E-state index contributed by atoms with van der Waals surface area (Å²) < 4.78 is 10.5. The van der Waals surface area contributed by atoms with Gasteiger partial charge in [0.15, 0.2) is 9.98 Å². The molecule has 2 saturated heterocycles. The van der Waals surface area contributed by atoms with Crippen molar-refractivity contribution in [1.29, 1.82) is 0 Å². The van der Waals surface area contributed by atoms with Crippen molar-refractivity contribution in [1.82, 2.24) is 9.80 Å². The third-order valence-electron chi connectivity index (χ3n) is 2.99. The number of Topliss-reactive ketones (excluding diaryl/α,β-unsaturated/α-hetero) is 1. The Bertz CT molecular complexity index is 318. The Hall–Kier alpha value is -0.630. The maximum atomic E-state index is 12.2. The molecule has 18 heavy (non-hydrogen) atoms. The van der Waals surface area contributed by atoms with E-state index in [0.717, 1.165) is 0 Å². The lowest BCUT2D eigenvalue weighted by molar-refractivity contribution is -0.108. The van der Waals surface area contributed by atoms with Crippen molar-refractivity contribution in [2.75, 3.05) is 52.6 Å². The molecule has 0 saturated carbocycles. The molecule has 0 spiro atoms. The van der Waals surface area contributed by atoms with Crippen molar-refractivity contribution in [3.8, 4) is 0 Å². The van der Waals surface area contributed by atoms with Crippen LogP contribution in [-0.2, 0) is 14.3 Å². The van der Waals surface area contributed by atoms with E-state index in [2.05, 4.69) is 0 Å². The van der Waals surface area contributed by atoms with Crippen LogP contribution >= 0.6 is 24.4 Å². The average molecular weight is 288 g/mol. The van der Waals surface area contributed by atoms with Crippen LogP contribution < -0.4 is 0 Å². The smallest absolute Gasteiger partial charge is 0.247 e. The number of ether oxygens (including phenoxy) is 2. The highest BCUT2D eigenvalue weighted by molar-refractivity contribution is 7.85. The maximum absolute atomic E-state index is 12.2. The molecule has 0 amide bonds. The van der Waals surface area contributed by atoms with E-state index in [0.29, 0.717) is 62.6 Å². The molecule has 0 atom stereocenters. The highest BCUT2D eigenvalue weighted by Crippen LogP contribution is 2.05. The molecule has 5 nitrogen and oxygen atoms in total. The number of rotatable bonds is 2. The van der Waals surface area contributed by atoms with E-state index < -0.39 is 0 Å². The molecule has 7 heteroatoms. The molecule has 0 aromatic rings. The van der Waals surface area contributed by atoms with Crippen molar-refractivity contribution in [2.24, 2.45) is 0 Å². The molecule has 0 N–H and O–H groups in total. The number of ketones is 1. The molecule has 2 rings (SSSR count). The summed E-state index contributed by atoms with van der Waals surface area (Å²) in [6, 6.07) is 0. The van der Waals surface area contributed by atoms with Crippen molar-refractivity contribution in [3.05, 3.63) is 0 Å². The number of hydrogen-bond donors (Lipinski definition) is 0. The Labute approximate surface area is 117 Å². The first-order valence-corrected chi connectivity index (χ1v) is 6.80. The summed E-state index contributed by atoms with van der Waals surface area (Å²) >= 11 is 10.4. The first kappa shape index (κ1) is 13.8. The van der Waals surface area contributed by atoms with Gasteiger partial charge in [-0.25, -0.2) is 0 Å². The molecule has 100 valence electrons. The van der Waals surface area contributed by atoms with Crippen LogP contribution in [0.5, 0.6) is 0 Å². The largest absolute Gasteiger partial charge is 0.378 e. The van der Waals surface area contributed by atoms with Gasteiger partial charge in [-0.1, -0.05) is 24.4 Å². The first-order chi connectivity index (χ1) is 8.70. The van der Waals surface area contributed by atoms with Gasteiger partial charge >= 0.3 is 0 Å². The molecule has 0 unspecified atom stereocenters. The molecular weight excluding hydrogens is 272 g/mol. The minimum absolute atomic E-state index is 0.219. The monoisotopic (exact) mass is 288 g/mol. The summed E-state index contributed by atoms with van der Waals surface area (Å²) in [5, 5.41) is 0. The Kier molecular flexibility index (Phi) is 4.99. The maximum Gasteiger partial charge on any atom is 0.247 e. The summed E-state index contributed by atoms with van der Waals surface area (Å²) in [6.07, 6.45) is 0. The van der Waals surface area contributed by atoms with Crippen LogP contribution in [0.15, 0.2) is 0 Å². The Balaban J connectivity index is 1.92. The van der Waals surface area contributed by atoms with Gasteiger partial charge in [-0.05, 0) is 0 Å². The first-order valence-electron chi connectivity index (χ1n) is 5.98. The van der Waals surface area contributed by atoms with Gasteiger partial charge in [-0.3, -0.25) is 4.79 Å². The van der Waals surface area contributed by atoms with E-state index in [4.69, 9.17) is 33.9 Å². The summed E-state index contributed by atoms with van der Waals surface area (Å²) in [7, 11) is 0. The average Bonchev–Trinajstić information content (AvgIpc) is 2.47. The van der Waals surface area contributed by atoms with Crippen molar-refractivity contribution in [2.45, 2.75) is 0 Å². The lowest BCUT2D eigenvalue weighted by Gasteiger charge is -2.31. The summed E-state index contributed by atoms with van der Waals surface area (Å²) in [5.41, 5.74) is 0. The van der Waals surface area contributed by atoms with Crippen molar-refractivity contribution < 1.29 is 14.3 Å². The van der Waals surface area contributed by atoms with Gasteiger partial charge in [0.05, 0.1) is 26.4 Å². The second-order valence-electron chi connectivity index (χ2n) is 4.14. The number of thiocarbonyl (C=S) groups is 2. The van der Waals surface area contributed by atoms with E-state index in [1.165, 1.54) is 0 Å². The number of hydrogen-bond acceptors (Lipinski definition) is 5. The third-order valence-corrected chi connectivity index (χ3v) is 3.87. The van der Waals surface area contributed by atoms with Gasteiger partial charge < -0.3 is 19.3 Å². The summed E-state index contributed by atoms with van der Waals surface area (Å²) in [5.74, 6) is -0.219. The van der Waals surface area contributed by atoms with E-state index in [9.17, 15) is 4.79 Å².